The molecule has 46 heavy (non-hydrogen) atoms. The third kappa shape index (κ3) is 4.15. The fraction of sp³-hybridized carbons (Fsp3) is 0. The van der Waals surface area contributed by atoms with Crippen LogP contribution in [0.4, 0.5) is 0 Å². The quantitative estimate of drug-likeness (QED) is 0.186. The van der Waals surface area contributed by atoms with Crippen LogP contribution in [0.2, 0.25) is 0 Å². The molecule has 2 aliphatic rings. The Morgan fingerprint density at radius 2 is 1.07 bits per heavy atom. The molecular weight excluding hydrogens is 585 g/mol. The number of benzene rings is 6. The summed E-state index contributed by atoms with van der Waals surface area (Å²) >= 11 is 0. The molecule has 5 heteroatoms. The van der Waals surface area contributed by atoms with E-state index in [1.807, 2.05) is 115 Å². The fourth-order valence-electron chi connectivity index (χ4n) is 6.58. The van der Waals surface area contributed by atoms with Crippen molar-refractivity contribution in [2.24, 2.45) is 0 Å². The van der Waals surface area contributed by atoms with Crippen LogP contribution in [0.25, 0.3) is 44.6 Å². The van der Waals surface area contributed by atoms with Crippen LogP contribution in [0.1, 0.15) is 0 Å². The Morgan fingerprint density at radius 1 is 0.457 bits per heavy atom. The number of hydrogen-bond donors (Lipinski definition) is 0. The second kappa shape index (κ2) is 10.4. The van der Waals surface area contributed by atoms with Crippen LogP contribution in [0.15, 0.2) is 158 Å². The lowest BCUT2D eigenvalue weighted by Crippen LogP contribution is -2.35. The Kier molecular flexibility index (Phi) is 6.06. The van der Waals surface area contributed by atoms with Gasteiger partial charge in [-0.15, -0.1) is 0 Å². The number of pyridine rings is 1. The molecule has 1 atom stereocenters. The van der Waals surface area contributed by atoms with Crippen LogP contribution in [0.5, 0.6) is 23.0 Å². The molecule has 0 saturated carbocycles. The highest BCUT2D eigenvalue weighted by Crippen LogP contribution is 2.60. The monoisotopic (exact) mass is 611 g/mol. The molecule has 3 heterocycles. The summed E-state index contributed by atoms with van der Waals surface area (Å²) in [7, 11) is -3.42. The molecule has 9 rings (SSSR count). The van der Waals surface area contributed by atoms with Gasteiger partial charge in [0.25, 0.3) is 0 Å². The molecule has 1 unspecified atom stereocenters. The molecule has 0 fully saturated rings. The topological polar surface area (TPSA) is 48.4 Å². The molecule has 2 aliphatic heterocycles. The molecule has 4 nitrogen and oxygen atoms in total. The summed E-state index contributed by atoms with van der Waals surface area (Å²) < 4.78 is 29.3. The summed E-state index contributed by atoms with van der Waals surface area (Å²) in [5, 5.41) is 1.96. The average Bonchev–Trinajstić information content (AvgIpc) is 3.12. The van der Waals surface area contributed by atoms with Crippen molar-refractivity contribution in [2.75, 3.05) is 0 Å². The van der Waals surface area contributed by atoms with E-state index in [0.29, 0.717) is 38.9 Å². The number of nitrogens with zero attached hydrogens (tertiary/aromatic N) is 1. The Bertz CT molecular complexity index is 2320. The van der Waals surface area contributed by atoms with Gasteiger partial charge >= 0.3 is 0 Å². The summed E-state index contributed by atoms with van der Waals surface area (Å²) in [5.41, 5.74) is 7.80. The van der Waals surface area contributed by atoms with E-state index in [1.165, 1.54) is 0 Å². The molecule has 0 saturated heterocycles. The lowest BCUT2D eigenvalue weighted by atomic mass is 10.00. The maximum atomic E-state index is 15.9. The van der Waals surface area contributed by atoms with Gasteiger partial charge in [-0.2, -0.15) is 0 Å². The van der Waals surface area contributed by atoms with Gasteiger partial charge in [0.1, 0.15) is 28.3 Å². The van der Waals surface area contributed by atoms with Crippen molar-refractivity contribution in [2.45, 2.75) is 0 Å². The van der Waals surface area contributed by atoms with Crippen LogP contribution in [0, 0.1) is 0 Å². The Balaban J connectivity index is 1.27. The highest BCUT2D eigenvalue weighted by Gasteiger charge is 2.47. The zero-order valence-electron chi connectivity index (χ0n) is 24.6. The number of hydrogen-bond acceptors (Lipinski definition) is 4. The minimum Gasteiger partial charge on any atom is -0.456 e. The van der Waals surface area contributed by atoms with Gasteiger partial charge in [0.15, 0.2) is 7.14 Å². The second-order valence-corrected chi connectivity index (χ2v) is 14.1. The molecular formula is C41H26NO3P. The van der Waals surface area contributed by atoms with E-state index in [0.717, 1.165) is 44.6 Å². The van der Waals surface area contributed by atoms with E-state index < -0.39 is 7.14 Å². The molecule has 1 aromatic heterocycles. The summed E-state index contributed by atoms with van der Waals surface area (Å²) in [6, 6.07) is 50.4. The zero-order valence-corrected chi connectivity index (χ0v) is 25.5. The maximum Gasteiger partial charge on any atom is 0.185 e. The zero-order chi connectivity index (χ0) is 30.7. The summed E-state index contributed by atoms with van der Waals surface area (Å²) in [6.45, 7) is 0. The van der Waals surface area contributed by atoms with Crippen LogP contribution >= 0.6 is 7.14 Å². The standard InChI is InChI=1S/C41H26NO3P/c43-46-38-21-17-29(27-10-3-1-4-11-27)25-36(38)44-35-20-19-33(31-14-9-15-32(24-31)34-16-7-8-23-42-34)40(41(35)46)45-37-26-30(18-22-39(37)46)28-12-5-2-6-13-28/h1-26H. The first-order valence-corrected chi connectivity index (χ1v) is 16.9. The normalized spacial score (nSPS) is 15.5. The van der Waals surface area contributed by atoms with Gasteiger partial charge < -0.3 is 14.0 Å². The van der Waals surface area contributed by atoms with Crippen molar-refractivity contribution in [3.8, 4) is 67.6 Å². The largest absolute Gasteiger partial charge is 0.456 e. The Morgan fingerprint density at radius 3 is 1.72 bits per heavy atom. The van der Waals surface area contributed by atoms with Gasteiger partial charge in [-0.05, 0) is 82.4 Å². The van der Waals surface area contributed by atoms with Crippen molar-refractivity contribution in [3.63, 3.8) is 0 Å². The third-order valence-corrected chi connectivity index (χ3v) is 11.9. The Hall–Kier alpha value is -5.70. The SMILES string of the molecule is O=P12c3ccc(-c4ccccc4)cc3Oc3ccc(-c4cccc(-c5ccccn5)c4)c(c31)Oc1cc(-c3ccccc3)ccc12. The number of rotatable bonds is 4. The predicted molar refractivity (Wildman–Crippen MR) is 186 cm³/mol. The van der Waals surface area contributed by atoms with Gasteiger partial charge in [-0.3, -0.25) is 4.98 Å². The van der Waals surface area contributed by atoms with E-state index in [9.17, 15) is 0 Å². The van der Waals surface area contributed by atoms with E-state index in [4.69, 9.17) is 9.47 Å². The van der Waals surface area contributed by atoms with Crippen LogP contribution in [-0.4, -0.2) is 4.98 Å². The van der Waals surface area contributed by atoms with Gasteiger partial charge in [0.05, 0.1) is 16.3 Å². The number of ether oxygens (including phenoxy) is 2. The highest BCUT2D eigenvalue weighted by molar-refractivity contribution is 7.86. The highest BCUT2D eigenvalue weighted by atomic mass is 31.2. The molecule has 0 radical (unpaired) electrons. The van der Waals surface area contributed by atoms with Crippen molar-refractivity contribution < 1.29 is 14.0 Å². The fourth-order valence-corrected chi connectivity index (χ4v) is 9.61. The summed E-state index contributed by atoms with van der Waals surface area (Å²) in [4.78, 5) is 4.56. The van der Waals surface area contributed by atoms with Crippen LogP contribution < -0.4 is 25.4 Å². The molecule has 0 spiro atoms. The Labute approximate surface area is 266 Å². The van der Waals surface area contributed by atoms with Gasteiger partial charge in [-0.25, -0.2) is 0 Å². The molecule has 0 aliphatic carbocycles. The minimum atomic E-state index is -3.42. The second-order valence-electron chi connectivity index (χ2n) is 11.5. The minimum absolute atomic E-state index is 0.554. The first-order valence-electron chi connectivity index (χ1n) is 15.2. The number of fused-ring (bicyclic) bond motifs is 4. The van der Waals surface area contributed by atoms with Crippen molar-refractivity contribution in [1.82, 2.24) is 4.98 Å². The lowest BCUT2D eigenvalue weighted by Gasteiger charge is -2.35. The average molecular weight is 612 g/mol. The number of aromatic nitrogens is 1. The maximum absolute atomic E-state index is 15.9. The predicted octanol–water partition coefficient (Wildman–Crippen LogP) is 9.60. The molecule has 7 aromatic rings. The van der Waals surface area contributed by atoms with Gasteiger partial charge in [0, 0.05) is 17.3 Å². The van der Waals surface area contributed by atoms with Crippen molar-refractivity contribution in [1.29, 1.82) is 0 Å². The van der Waals surface area contributed by atoms with Crippen LogP contribution in [0.3, 0.4) is 0 Å². The lowest BCUT2D eigenvalue weighted by molar-refractivity contribution is 0.463. The molecule has 6 aromatic carbocycles. The first-order chi connectivity index (χ1) is 22.7. The molecule has 0 bridgehead atoms. The molecule has 0 N–H and O–H groups in total. The summed E-state index contributed by atoms with van der Waals surface area (Å²) in [6.07, 6.45) is 1.79. The van der Waals surface area contributed by atoms with E-state index in [1.54, 1.807) is 6.20 Å². The van der Waals surface area contributed by atoms with Gasteiger partial charge in [-0.1, -0.05) is 97.1 Å². The first kappa shape index (κ1) is 26.7. The smallest absolute Gasteiger partial charge is 0.185 e. The molecule has 218 valence electrons. The van der Waals surface area contributed by atoms with Crippen LogP contribution in [-0.2, 0) is 4.57 Å². The van der Waals surface area contributed by atoms with E-state index >= 15 is 4.57 Å². The van der Waals surface area contributed by atoms with E-state index in [2.05, 4.69) is 41.4 Å². The van der Waals surface area contributed by atoms with Crippen molar-refractivity contribution >= 4 is 23.1 Å². The van der Waals surface area contributed by atoms with Gasteiger partial charge in [0.2, 0.25) is 0 Å². The third-order valence-electron chi connectivity index (χ3n) is 8.79. The summed E-state index contributed by atoms with van der Waals surface area (Å²) in [5.74, 6) is 2.32. The van der Waals surface area contributed by atoms with E-state index in [-0.39, 0.29) is 0 Å². The molecule has 0 amide bonds. The van der Waals surface area contributed by atoms with Crippen molar-refractivity contribution in [3.05, 3.63) is 158 Å².